The van der Waals surface area contributed by atoms with Crippen molar-refractivity contribution < 1.29 is 14.0 Å². The Bertz CT molecular complexity index is 1440. The van der Waals surface area contributed by atoms with Gasteiger partial charge in [-0.05, 0) is 128 Å². The lowest BCUT2D eigenvalue weighted by molar-refractivity contribution is -0.141. The third-order valence-corrected chi connectivity index (χ3v) is 10.6. The Morgan fingerprint density at radius 1 is 0.909 bits per heavy atom. The summed E-state index contributed by atoms with van der Waals surface area (Å²) in [5, 5.41) is 0. The molecule has 3 aromatic carbocycles. The molecular weight excluding hydrogens is 557 g/mol. The number of cyclic esters (lactones) is 1. The summed E-state index contributed by atoms with van der Waals surface area (Å²) in [6.45, 7) is 23.4. The first kappa shape index (κ1) is 34.2. The summed E-state index contributed by atoms with van der Waals surface area (Å²) in [6, 6.07) is 23.3. The summed E-state index contributed by atoms with van der Waals surface area (Å²) >= 11 is 0. The van der Waals surface area contributed by atoms with Crippen molar-refractivity contribution in [3.63, 3.8) is 0 Å². The van der Waals surface area contributed by atoms with Crippen molar-refractivity contribution in [2.75, 3.05) is 6.61 Å². The van der Waals surface area contributed by atoms with Crippen molar-refractivity contribution in [1.82, 2.24) is 0 Å². The maximum atomic E-state index is 11.9. The number of esters is 1. The molecule has 0 aromatic heterocycles. The highest BCUT2D eigenvalue weighted by molar-refractivity contribution is 6.69. The molecule has 1 saturated heterocycles. The molecule has 0 amide bonds. The Kier molecular flexibility index (Phi) is 10.7. The zero-order chi connectivity index (χ0) is 32.3. The highest BCUT2D eigenvalue weighted by Crippen LogP contribution is 2.43. The van der Waals surface area contributed by atoms with Gasteiger partial charge in [0.15, 0.2) is 8.32 Å². The maximum Gasteiger partial charge on any atom is 0.309 e. The summed E-state index contributed by atoms with van der Waals surface area (Å²) in [5.41, 5.74) is 10.6. The van der Waals surface area contributed by atoms with E-state index in [-0.39, 0.29) is 28.8 Å². The second kappa shape index (κ2) is 13.7. The fourth-order valence-corrected chi connectivity index (χ4v) is 8.30. The number of rotatable bonds is 12. The van der Waals surface area contributed by atoms with Gasteiger partial charge in [-0.3, -0.25) is 4.79 Å². The number of hydrogen-bond donors (Lipinski definition) is 0. The van der Waals surface area contributed by atoms with Crippen molar-refractivity contribution in [2.24, 2.45) is 11.3 Å². The molecule has 0 radical (unpaired) electrons. The lowest BCUT2D eigenvalue weighted by atomic mass is 9.69. The van der Waals surface area contributed by atoms with Gasteiger partial charge in [-0.1, -0.05) is 89.2 Å². The van der Waals surface area contributed by atoms with Gasteiger partial charge < -0.3 is 9.16 Å². The third kappa shape index (κ3) is 7.74. The monoisotopic (exact) mass is 612 g/mol. The first-order chi connectivity index (χ1) is 20.7. The van der Waals surface area contributed by atoms with E-state index in [1.54, 1.807) is 0 Å². The van der Waals surface area contributed by atoms with Crippen LogP contribution >= 0.6 is 0 Å². The topological polar surface area (TPSA) is 35.5 Å². The van der Waals surface area contributed by atoms with Crippen LogP contribution in [0.2, 0.25) is 19.6 Å². The molecule has 4 heteroatoms. The SMILES string of the molecule is CCC(CC)(c1ccc(CCC[C@@H]2CCOC2=O)c(C)c1)c1ccc(-c2cccc(C(O[Si](C)(C)C)C(C)(C)C)c2)c(C)c1. The number of hydrogen-bond acceptors (Lipinski definition) is 3. The third-order valence-electron chi connectivity index (χ3n) is 9.68. The van der Waals surface area contributed by atoms with E-state index in [1.165, 1.54) is 44.5 Å². The van der Waals surface area contributed by atoms with Crippen LogP contribution in [0.15, 0.2) is 60.7 Å². The molecular formula is C40H56O3Si. The van der Waals surface area contributed by atoms with Gasteiger partial charge in [-0.15, -0.1) is 0 Å². The molecule has 0 bridgehead atoms. The van der Waals surface area contributed by atoms with Crippen LogP contribution in [-0.2, 0) is 25.8 Å². The summed E-state index contributed by atoms with van der Waals surface area (Å²) in [4.78, 5) is 11.9. The molecule has 1 aliphatic rings. The summed E-state index contributed by atoms with van der Waals surface area (Å²) in [5.74, 6) is 0.0846. The van der Waals surface area contributed by atoms with Crippen LogP contribution in [0.3, 0.4) is 0 Å². The second-order valence-corrected chi connectivity index (χ2v) is 19.6. The van der Waals surface area contributed by atoms with Crippen molar-refractivity contribution in [2.45, 2.75) is 118 Å². The Balaban J connectivity index is 1.60. The first-order valence-corrected chi connectivity index (χ1v) is 20.2. The van der Waals surface area contributed by atoms with Gasteiger partial charge in [-0.2, -0.15) is 0 Å². The van der Waals surface area contributed by atoms with Crippen molar-refractivity contribution in [3.05, 3.63) is 94.0 Å². The second-order valence-electron chi connectivity index (χ2n) is 15.1. The normalized spacial score (nSPS) is 16.7. The van der Waals surface area contributed by atoms with Gasteiger partial charge in [0.05, 0.1) is 18.6 Å². The molecule has 44 heavy (non-hydrogen) atoms. The smallest absolute Gasteiger partial charge is 0.309 e. The lowest BCUT2D eigenvalue weighted by Gasteiger charge is -2.36. The summed E-state index contributed by atoms with van der Waals surface area (Å²) < 4.78 is 11.9. The van der Waals surface area contributed by atoms with Gasteiger partial charge >= 0.3 is 5.97 Å². The van der Waals surface area contributed by atoms with E-state index in [9.17, 15) is 4.79 Å². The molecule has 0 N–H and O–H groups in total. The molecule has 1 heterocycles. The Labute approximate surface area is 268 Å². The van der Waals surface area contributed by atoms with E-state index in [0.29, 0.717) is 6.61 Å². The van der Waals surface area contributed by atoms with E-state index in [4.69, 9.17) is 9.16 Å². The Hall–Kier alpha value is -2.69. The largest absolute Gasteiger partial charge is 0.465 e. The van der Waals surface area contributed by atoms with Gasteiger partial charge in [0.1, 0.15) is 0 Å². The predicted molar refractivity (Wildman–Crippen MR) is 188 cm³/mol. The standard InChI is InChI=1S/C40H56O3Si/c1-11-40(12-2,34-20-19-30(28(3)25-34)15-13-16-31-23-24-42-38(31)41)35-21-22-36(29(4)26-35)32-17-14-18-33(27-32)37(39(5,6)7)43-44(8,9)10/h14,17-22,25-27,31,37H,11-13,15-16,23-24H2,1-10H3/t31-,37?/m1/s1. The molecule has 238 valence electrons. The zero-order valence-corrected chi connectivity index (χ0v) is 30.1. The maximum absolute atomic E-state index is 11.9. The molecule has 4 rings (SSSR count). The van der Waals surface area contributed by atoms with Crippen LogP contribution in [0, 0.1) is 25.2 Å². The Morgan fingerprint density at radius 3 is 2.11 bits per heavy atom. The minimum absolute atomic E-state index is 0.00749. The lowest BCUT2D eigenvalue weighted by Crippen LogP contribution is -2.33. The molecule has 3 aromatic rings. The van der Waals surface area contributed by atoms with E-state index >= 15 is 0 Å². The molecule has 3 nitrogen and oxygen atoms in total. The summed E-state index contributed by atoms with van der Waals surface area (Å²) in [6.07, 6.45) is 5.98. The van der Waals surface area contributed by atoms with Crippen molar-refractivity contribution in [1.29, 1.82) is 0 Å². The van der Waals surface area contributed by atoms with Crippen LogP contribution in [-0.4, -0.2) is 20.9 Å². The number of carbonyl (C=O) groups is 1. The van der Waals surface area contributed by atoms with Crippen molar-refractivity contribution in [3.8, 4) is 11.1 Å². The van der Waals surface area contributed by atoms with Gasteiger partial charge in [0.2, 0.25) is 0 Å². The van der Waals surface area contributed by atoms with E-state index in [0.717, 1.165) is 38.5 Å². The molecule has 1 aliphatic heterocycles. The van der Waals surface area contributed by atoms with Crippen LogP contribution in [0.1, 0.15) is 106 Å². The fraction of sp³-hybridized carbons (Fsp3) is 0.525. The van der Waals surface area contributed by atoms with Crippen LogP contribution in [0.4, 0.5) is 0 Å². The number of aryl methyl sites for hydroxylation is 3. The molecule has 2 atom stereocenters. The average Bonchev–Trinajstić information content (AvgIpc) is 3.37. The molecule has 0 aliphatic carbocycles. The predicted octanol–water partition coefficient (Wildman–Crippen LogP) is 10.9. The van der Waals surface area contributed by atoms with Gasteiger partial charge in [0, 0.05) is 5.41 Å². The van der Waals surface area contributed by atoms with Crippen LogP contribution in [0.25, 0.3) is 11.1 Å². The Morgan fingerprint density at radius 2 is 1.57 bits per heavy atom. The minimum atomic E-state index is -1.73. The van der Waals surface area contributed by atoms with Crippen LogP contribution in [0.5, 0.6) is 0 Å². The molecule has 1 fully saturated rings. The minimum Gasteiger partial charge on any atom is -0.465 e. The van der Waals surface area contributed by atoms with Crippen molar-refractivity contribution >= 4 is 14.3 Å². The summed E-state index contributed by atoms with van der Waals surface area (Å²) in [7, 11) is -1.73. The number of carbonyl (C=O) groups excluding carboxylic acids is 1. The molecule has 1 unspecified atom stereocenters. The fourth-order valence-electron chi connectivity index (χ4n) is 7.10. The van der Waals surface area contributed by atoms with Crippen LogP contribution < -0.4 is 0 Å². The van der Waals surface area contributed by atoms with E-state index < -0.39 is 8.32 Å². The highest BCUT2D eigenvalue weighted by atomic mass is 28.4. The van der Waals surface area contributed by atoms with E-state index in [1.807, 2.05) is 0 Å². The van der Waals surface area contributed by atoms with Gasteiger partial charge in [-0.25, -0.2) is 0 Å². The van der Waals surface area contributed by atoms with Gasteiger partial charge in [0.25, 0.3) is 0 Å². The molecule has 0 spiro atoms. The molecule has 0 saturated carbocycles. The number of ether oxygens (including phenoxy) is 1. The highest BCUT2D eigenvalue weighted by Gasteiger charge is 2.33. The zero-order valence-electron chi connectivity index (χ0n) is 29.1. The van der Waals surface area contributed by atoms with E-state index in [2.05, 4.69) is 129 Å². The quantitative estimate of drug-likeness (QED) is 0.151. The number of benzene rings is 3. The average molecular weight is 613 g/mol. The first-order valence-electron chi connectivity index (χ1n) is 16.8.